The zero-order valence-corrected chi connectivity index (χ0v) is 12.3. The van der Waals surface area contributed by atoms with Crippen molar-refractivity contribution in [3.63, 3.8) is 0 Å². The molecule has 2 N–H and O–H groups in total. The predicted octanol–water partition coefficient (Wildman–Crippen LogP) is 1.82. The van der Waals surface area contributed by atoms with Gasteiger partial charge in [-0.25, -0.2) is 14.2 Å². The van der Waals surface area contributed by atoms with E-state index in [1.54, 1.807) is 6.33 Å². The van der Waals surface area contributed by atoms with Crippen LogP contribution < -0.4 is 5.73 Å². The molecule has 0 aliphatic rings. The summed E-state index contributed by atoms with van der Waals surface area (Å²) in [5.74, 6) is 1.45. The largest absolute Gasteiger partial charge is 0.323 e. The normalized spacial score (nSPS) is 13.1. The van der Waals surface area contributed by atoms with E-state index < -0.39 is 0 Å². The molecular weight excluding hydrogens is 264 g/mol. The van der Waals surface area contributed by atoms with Gasteiger partial charge in [-0.05, 0) is 18.1 Å². The maximum Gasteiger partial charge on any atom is 0.138 e. The molecule has 0 aliphatic carbocycles. The number of nitrogens with two attached hydrogens (primary N) is 1. The first-order chi connectivity index (χ1) is 10.1. The molecule has 3 heterocycles. The molecule has 0 spiro atoms. The highest BCUT2D eigenvalue weighted by atomic mass is 15.3. The molecule has 0 aliphatic heterocycles. The third kappa shape index (κ3) is 2.80. The number of rotatable bonds is 5. The summed E-state index contributed by atoms with van der Waals surface area (Å²) in [6.07, 6.45) is 6.01. The lowest BCUT2D eigenvalue weighted by Gasteiger charge is -2.12. The van der Waals surface area contributed by atoms with Crippen LogP contribution in [0.4, 0.5) is 0 Å². The third-order valence-corrected chi connectivity index (χ3v) is 3.49. The summed E-state index contributed by atoms with van der Waals surface area (Å²) in [6.45, 7) is 5.18. The average Bonchev–Trinajstić information content (AvgIpc) is 3.05. The first-order valence-electron chi connectivity index (χ1n) is 7.19. The van der Waals surface area contributed by atoms with Crippen molar-refractivity contribution < 1.29 is 0 Å². The van der Waals surface area contributed by atoms with E-state index in [9.17, 15) is 0 Å². The van der Waals surface area contributed by atoms with Crippen LogP contribution in [0.5, 0.6) is 0 Å². The van der Waals surface area contributed by atoms with Crippen molar-refractivity contribution in [3.8, 4) is 0 Å². The molecular formula is C15H20N6. The summed E-state index contributed by atoms with van der Waals surface area (Å²) in [6, 6.07) is 5.84. The van der Waals surface area contributed by atoms with Gasteiger partial charge in [0.1, 0.15) is 12.2 Å². The molecule has 1 unspecified atom stereocenters. The summed E-state index contributed by atoms with van der Waals surface area (Å²) >= 11 is 0. The molecule has 0 saturated carbocycles. The summed E-state index contributed by atoms with van der Waals surface area (Å²) in [5.41, 5.74) is 8.44. The Labute approximate surface area is 123 Å². The molecule has 0 radical (unpaired) electrons. The van der Waals surface area contributed by atoms with Gasteiger partial charge in [-0.2, -0.15) is 10.2 Å². The number of aromatic nitrogens is 5. The lowest BCUT2D eigenvalue weighted by Crippen LogP contribution is -2.18. The highest BCUT2D eigenvalue weighted by Crippen LogP contribution is 2.20. The average molecular weight is 284 g/mol. The van der Waals surface area contributed by atoms with Gasteiger partial charge in [-0.15, -0.1) is 0 Å². The zero-order valence-electron chi connectivity index (χ0n) is 12.3. The van der Waals surface area contributed by atoms with E-state index in [-0.39, 0.29) is 6.04 Å². The Hall–Kier alpha value is -2.21. The van der Waals surface area contributed by atoms with Gasteiger partial charge in [0.05, 0.1) is 11.7 Å². The van der Waals surface area contributed by atoms with Crippen molar-refractivity contribution in [3.05, 3.63) is 48.3 Å². The van der Waals surface area contributed by atoms with Gasteiger partial charge in [0.2, 0.25) is 0 Å². The molecule has 0 bridgehead atoms. The molecule has 0 saturated heterocycles. The van der Waals surface area contributed by atoms with Crippen LogP contribution in [0.2, 0.25) is 0 Å². The minimum Gasteiger partial charge on any atom is -0.323 e. The maximum atomic E-state index is 6.36. The van der Waals surface area contributed by atoms with Crippen LogP contribution in [0.25, 0.3) is 5.52 Å². The van der Waals surface area contributed by atoms with E-state index in [0.717, 1.165) is 23.4 Å². The monoisotopic (exact) mass is 284 g/mol. The molecule has 3 aromatic rings. The number of fused-ring (bicyclic) bond motifs is 1. The summed E-state index contributed by atoms with van der Waals surface area (Å²) in [4.78, 5) is 4.34. The Morgan fingerprint density at radius 3 is 2.90 bits per heavy atom. The highest BCUT2D eigenvalue weighted by molar-refractivity contribution is 5.54. The molecule has 1 atom stereocenters. The van der Waals surface area contributed by atoms with E-state index >= 15 is 0 Å². The second-order valence-corrected chi connectivity index (χ2v) is 5.69. The molecule has 0 fully saturated rings. The van der Waals surface area contributed by atoms with Crippen molar-refractivity contribution in [1.29, 1.82) is 0 Å². The Morgan fingerprint density at radius 1 is 1.24 bits per heavy atom. The first kappa shape index (κ1) is 13.8. The third-order valence-electron chi connectivity index (χ3n) is 3.49. The second-order valence-electron chi connectivity index (χ2n) is 5.69. The lowest BCUT2D eigenvalue weighted by atomic mass is 10.1. The number of hydrogen-bond acceptors (Lipinski definition) is 4. The van der Waals surface area contributed by atoms with Crippen LogP contribution in [0, 0.1) is 5.92 Å². The Balaban J connectivity index is 1.83. The molecule has 6 nitrogen and oxygen atoms in total. The van der Waals surface area contributed by atoms with Crippen LogP contribution in [-0.2, 0) is 13.0 Å². The van der Waals surface area contributed by atoms with Gasteiger partial charge in [-0.1, -0.05) is 19.9 Å². The fourth-order valence-corrected chi connectivity index (χ4v) is 2.49. The van der Waals surface area contributed by atoms with Crippen LogP contribution >= 0.6 is 0 Å². The SMILES string of the molecule is CC(C)Cn1ncnc1CC(N)c1cnn2ccccc12. The zero-order chi connectivity index (χ0) is 14.8. The molecule has 110 valence electrons. The summed E-state index contributed by atoms with van der Waals surface area (Å²) in [7, 11) is 0. The van der Waals surface area contributed by atoms with Crippen LogP contribution in [0.1, 0.15) is 31.3 Å². The quantitative estimate of drug-likeness (QED) is 0.775. The number of pyridine rings is 1. The lowest BCUT2D eigenvalue weighted by molar-refractivity contribution is 0.459. The van der Waals surface area contributed by atoms with E-state index in [2.05, 4.69) is 29.0 Å². The van der Waals surface area contributed by atoms with E-state index in [0.29, 0.717) is 12.3 Å². The van der Waals surface area contributed by atoms with Crippen molar-refractivity contribution in [2.75, 3.05) is 0 Å². The minimum atomic E-state index is -0.139. The molecule has 6 heteroatoms. The summed E-state index contributed by atoms with van der Waals surface area (Å²) < 4.78 is 3.78. The molecule has 0 amide bonds. The molecule has 3 aromatic heterocycles. The van der Waals surface area contributed by atoms with Crippen molar-refractivity contribution in [2.24, 2.45) is 11.7 Å². The van der Waals surface area contributed by atoms with Gasteiger partial charge >= 0.3 is 0 Å². The maximum absolute atomic E-state index is 6.36. The smallest absolute Gasteiger partial charge is 0.138 e. The van der Waals surface area contributed by atoms with Gasteiger partial charge in [0, 0.05) is 30.8 Å². The molecule has 0 aromatic carbocycles. The van der Waals surface area contributed by atoms with Gasteiger partial charge < -0.3 is 5.73 Å². The van der Waals surface area contributed by atoms with Crippen molar-refractivity contribution in [2.45, 2.75) is 32.9 Å². The van der Waals surface area contributed by atoms with Crippen molar-refractivity contribution in [1.82, 2.24) is 24.4 Å². The standard InChI is InChI=1S/C15H20N6/c1-11(2)9-21-15(17-10-19-21)7-13(16)12-8-18-20-6-4-3-5-14(12)20/h3-6,8,10-11,13H,7,9,16H2,1-2H3. The van der Waals surface area contributed by atoms with E-state index in [4.69, 9.17) is 5.73 Å². The number of nitrogens with zero attached hydrogens (tertiary/aromatic N) is 5. The van der Waals surface area contributed by atoms with Gasteiger partial charge in [0.25, 0.3) is 0 Å². The fraction of sp³-hybridized carbons (Fsp3) is 0.400. The fourth-order valence-electron chi connectivity index (χ4n) is 2.49. The Morgan fingerprint density at radius 2 is 2.10 bits per heavy atom. The highest BCUT2D eigenvalue weighted by Gasteiger charge is 2.16. The second kappa shape index (κ2) is 5.65. The minimum absolute atomic E-state index is 0.139. The predicted molar refractivity (Wildman–Crippen MR) is 80.7 cm³/mol. The molecule has 3 rings (SSSR count). The van der Waals surface area contributed by atoms with E-state index in [1.165, 1.54) is 0 Å². The molecule has 21 heavy (non-hydrogen) atoms. The summed E-state index contributed by atoms with van der Waals surface area (Å²) in [5, 5.41) is 8.62. The van der Waals surface area contributed by atoms with E-state index in [1.807, 2.05) is 39.8 Å². The van der Waals surface area contributed by atoms with Crippen LogP contribution in [0.3, 0.4) is 0 Å². The van der Waals surface area contributed by atoms with Crippen LogP contribution in [-0.4, -0.2) is 24.4 Å². The Bertz CT molecular complexity index is 726. The van der Waals surface area contributed by atoms with Crippen molar-refractivity contribution >= 4 is 5.52 Å². The topological polar surface area (TPSA) is 74.0 Å². The van der Waals surface area contributed by atoms with Crippen LogP contribution in [0.15, 0.2) is 36.9 Å². The Kier molecular flexibility index (Phi) is 3.70. The van der Waals surface area contributed by atoms with Gasteiger partial charge in [0.15, 0.2) is 0 Å². The first-order valence-corrected chi connectivity index (χ1v) is 7.19. The van der Waals surface area contributed by atoms with Gasteiger partial charge in [-0.3, -0.25) is 0 Å². The number of hydrogen-bond donors (Lipinski definition) is 1.